The second kappa shape index (κ2) is 5.06. The van der Waals surface area contributed by atoms with Gasteiger partial charge in [-0.2, -0.15) is 5.26 Å². The van der Waals surface area contributed by atoms with Crippen molar-refractivity contribution in [3.05, 3.63) is 35.1 Å². The second-order valence-corrected chi connectivity index (χ2v) is 4.37. The molecule has 0 aromatic heterocycles. The van der Waals surface area contributed by atoms with Gasteiger partial charge in [0.05, 0.1) is 11.6 Å². The second-order valence-electron chi connectivity index (χ2n) is 4.37. The molecule has 98 valence electrons. The maximum Gasteiger partial charge on any atom is 0.312 e. The predicted octanol–water partition coefficient (Wildman–Crippen LogP) is 0.498. The fraction of sp³-hybridized carbons (Fsp3) is 0.308. The summed E-state index contributed by atoms with van der Waals surface area (Å²) in [6.07, 6.45) is 0. The van der Waals surface area contributed by atoms with Gasteiger partial charge in [0.15, 0.2) is 0 Å². The maximum atomic E-state index is 13.7. The first-order valence-corrected chi connectivity index (χ1v) is 5.76. The summed E-state index contributed by atoms with van der Waals surface area (Å²) in [4.78, 5) is 25.9. The average Bonchev–Trinajstić information content (AvgIpc) is 2.41. The van der Waals surface area contributed by atoms with Crippen molar-refractivity contribution in [3.63, 3.8) is 0 Å². The Morgan fingerprint density at radius 1 is 1.32 bits per heavy atom. The van der Waals surface area contributed by atoms with Crippen LogP contribution in [0.3, 0.4) is 0 Å². The van der Waals surface area contributed by atoms with Crippen molar-refractivity contribution < 1.29 is 14.0 Å². The normalized spacial score (nSPS) is 15.6. The summed E-state index contributed by atoms with van der Waals surface area (Å²) < 4.78 is 13.7. The van der Waals surface area contributed by atoms with Crippen LogP contribution in [-0.4, -0.2) is 41.8 Å². The van der Waals surface area contributed by atoms with Crippen molar-refractivity contribution in [1.29, 1.82) is 5.26 Å². The molecule has 0 saturated carbocycles. The Kier molecular flexibility index (Phi) is 3.47. The molecule has 0 unspecified atom stereocenters. The summed E-state index contributed by atoms with van der Waals surface area (Å²) in [5, 5.41) is 8.65. The Morgan fingerprint density at radius 2 is 2.05 bits per heavy atom. The molecular formula is C13H12FN3O2. The molecule has 1 aliphatic rings. The van der Waals surface area contributed by atoms with Gasteiger partial charge in [0.1, 0.15) is 5.82 Å². The molecule has 0 atom stereocenters. The number of carbonyl (C=O) groups excluding carboxylic acids is 2. The predicted molar refractivity (Wildman–Crippen MR) is 64.2 cm³/mol. The molecule has 0 spiro atoms. The van der Waals surface area contributed by atoms with Gasteiger partial charge >= 0.3 is 11.8 Å². The molecule has 0 aliphatic carbocycles. The number of piperazine rings is 1. The molecule has 0 N–H and O–H groups in total. The van der Waals surface area contributed by atoms with Crippen LogP contribution in [0.25, 0.3) is 0 Å². The van der Waals surface area contributed by atoms with E-state index in [0.29, 0.717) is 18.7 Å². The lowest BCUT2D eigenvalue weighted by Gasteiger charge is -2.31. The largest absolute Gasteiger partial charge is 0.336 e. The summed E-state index contributed by atoms with van der Waals surface area (Å²) in [5.41, 5.74) is 0.520. The number of hydrogen-bond donors (Lipinski definition) is 0. The standard InChI is InChI=1S/C13H12FN3O2/c1-16-4-5-17(13(19)12(16)18)8-10-3-2-9(7-15)6-11(10)14/h2-3,6H,4-5,8H2,1H3. The van der Waals surface area contributed by atoms with Crippen LogP contribution in [0.4, 0.5) is 4.39 Å². The van der Waals surface area contributed by atoms with E-state index in [9.17, 15) is 14.0 Å². The van der Waals surface area contributed by atoms with Crippen LogP contribution in [0.15, 0.2) is 18.2 Å². The Labute approximate surface area is 109 Å². The molecule has 1 aliphatic heterocycles. The van der Waals surface area contributed by atoms with Gasteiger partial charge in [-0.05, 0) is 12.1 Å². The molecule has 2 amide bonds. The van der Waals surface area contributed by atoms with Crippen LogP contribution in [-0.2, 0) is 16.1 Å². The van der Waals surface area contributed by atoms with Gasteiger partial charge in [0, 0.05) is 32.2 Å². The van der Waals surface area contributed by atoms with Crippen LogP contribution >= 0.6 is 0 Å². The van der Waals surface area contributed by atoms with Crippen molar-refractivity contribution in [2.24, 2.45) is 0 Å². The van der Waals surface area contributed by atoms with Crippen molar-refractivity contribution in [1.82, 2.24) is 9.80 Å². The number of nitrogens with zero attached hydrogens (tertiary/aromatic N) is 3. The fourth-order valence-electron chi connectivity index (χ4n) is 1.87. The van der Waals surface area contributed by atoms with Gasteiger partial charge in [0.25, 0.3) is 0 Å². The molecule has 19 heavy (non-hydrogen) atoms. The summed E-state index contributed by atoms with van der Waals surface area (Å²) in [6.45, 7) is 0.846. The number of carbonyl (C=O) groups is 2. The van der Waals surface area contributed by atoms with E-state index >= 15 is 0 Å². The van der Waals surface area contributed by atoms with E-state index < -0.39 is 17.6 Å². The summed E-state index contributed by atoms with van der Waals surface area (Å²) in [7, 11) is 1.56. The van der Waals surface area contributed by atoms with Crippen LogP contribution < -0.4 is 0 Å². The van der Waals surface area contributed by atoms with Gasteiger partial charge in [-0.1, -0.05) is 6.07 Å². The number of rotatable bonds is 2. The van der Waals surface area contributed by atoms with E-state index in [4.69, 9.17) is 5.26 Å². The lowest BCUT2D eigenvalue weighted by atomic mass is 10.1. The summed E-state index contributed by atoms with van der Waals surface area (Å²) in [5.74, 6) is -1.75. The Hall–Kier alpha value is -2.42. The zero-order valence-corrected chi connectivity index (χ0v) is 10.4. The molecule has 0 bridgehead atoms. The van der Waals surface area contributed by atoms with Crippen molar-refractivity contribution in [2.75, 3.05) is 20.1 Å². The average molecular weight is 261 g/mol. The number of likely N-dealkylation sites (N-methyl/N-ethyl adjacent to an activating group) is 1. The highest BCUT2D eigenvalue weighted by atomic mass is 19.1. The van der Waals surface area contributed by atoms with E-state index in [1.807, 2.05) is 6.07 Å². The van der Waals surface area contributed by atoms with Crippen LogP contribution in [0.1, 0.15) is 11.1 Å². The molecule has 1 heterocycles. The summed E-state index contributed by atoms with van der Waals surface area (Å²) >= 11 is 0. The first-order valence-electron chi connectivity index (χ1n) is 5.76. The molecule has 5 nitrogen and oxygen atoms in total. The van der Waals surface area contributed by atoms with E-state index in [2.05, 4.69) is 0 Å². The smallest absolute Gasteiger partial charge is 0.312 e. The number of halogens is 1. The zero-order chi connectivity index (χ0) is 14.0. The first-order chi connectivity index (χ1) is 9.02. The molecule has 1 saturated heterocycles. The van der Waals surface area contributed by atoms with Gasteiger partial charge in [-0.3, -0.25) is 9.59 Å². The van der Waals surface area contributed by atoms with Crippen LogP contribution in [0.5, 0.6) is 0 Å². The van der Waals surface area contributed by atoms with E-state index in [1.165, 1.54) is 21.9 Å². The van der Waals surface area contributed by atoms with E-state index in [1.54, 1.807) is 7.05 Å². The number of nitriles is 1. The van der Waals surface area contributed by atoms with Crippen molar-refractivity contribution in [2.45, 2.75) is 6.54 Å². The fourth-order valence-corrected chi connectivity index (χ4v) is 1.87. The third-order valence-electron chi connectivity index (χ3n) is 3.07. The molecule has 6 heteroatoms. The summed E-state index contributed by atoms with van der Waals surface area (Å²) in [6, 6.07) is 5.91. The topological polar surface area (TPSA) is 64.4 Å². The number of hydrogen-bond acceptors (Lipinski definition) is 3. The molecule has 2 rings (SSSR count). The highest BCUT2D eigenvalue weighted by molar-refractivity contribution is 6.35. The minimum absolute atomic E-state index is 0.0377. The van der Waals surface area contributed by atoms with Crippen LogP contribution in [0.2, 0.25) is 0 Å². The highest BCUT2D eigenvalue weighted by Gasteiger charge is 2.30. The molecule has 1 aromatic carbocycles. The lowest BCUT2D eigenvalue weighted by Crippen LogP contribution is -2.52. The monoisotopic (exact) mass is 261 g/mol. The third kappa shape index (κ3) is 2.55. The van der Waals surface area contributed by atoms with Crippen molar-refractivity contribution in [3.8, 4) is 6.07 Å². The number of benzene rings is 1. The van der Waals surface area contributed by atoms with Gasteiger partial charge in [0.2, 0.25) is 0 Å². The Balaban J connectivity index is 2.16. The maximum absolute atomic E-state index is 13.7. The molecule has 1 fully saturated rings. The minimum Gasteiger partial charge on any atom is -0.336 e. The Bertz CT molecular complexity index is 580. The highest BCUT2D eigenvalue weighted by Crippen LogP contribution is 2.14. The SMILES string of the molecule is CN1CCN(Cc2ccc(C#N)cc2F)C(=O)C1=O. The molecule has 1 aromatic rings. The lowest BCUT2D eigenvalue weighted by molar-refractivity contribution is -0.155. The Morgan fingerprint density at radius 3 is 2.68 bits per heavy atom. The van der Waals surface area contributed by atoms with E-state index in [0.717, 1.165) is 6.07 Å². The van der Waals surface area contributed by atoms with Gasteiger partial charge < -0.3 is 9.80 Å². The van der Waals surface area contributed by atoms with Gasteiger partial charge in [-0.25, -0.2) is 4.39 Å². The molecule has 0 radical (unpaired) electrons. The zero-order valence-electron chi connectivity index (χ0n) is 10.4. The van der Waals surface area contributed by atoms with E-state index in [-0.39, 0.29) is 12.1 Å². The number of amides is 2. The third-order valence-corrected chi connectivity index (χ3v) is 3.07. The van der Waals surface area contributed by atoms with Gasteiger partial charge in [-0.15, -0.1) is 0 Å². The van der Waals surface area contributed by atoms with Crippen molar-refractivity contribution >= 4 is 11.8 Å². The first kappa shape index (κ1) is 13.0. The minimum atomic E-state index is -0.627. The quantitative estimate of drug-likeness (QED) is 0.728. The van der Waals surface area contributed by atoms with Crippen LogP contribution in [0, 0.1) is 17.1 Å². The molecular weight excluding hydrogens is 249 g/mol.